The predicted molar refractivity (Wildman–Crippen MR) is 93.6 cm³/mol. The van der Waals surface area contributed by atoms with E-state index in [9.17, 15) is 9.59 Å². The number of carbonyl (C=O) groups excluding carboxylic acids is 2. The van der Waals surface area contributed by atoms with Crippen molar-refractivity contribution >= 4 is 23.7 Å². The van der Waals surface area contributed by atoms with E-state index >= 15 is 0 Å². The maximum absolute atomic E-state index is 12.6. The Morgan fingerprint density at radius 1 is 1.08 bits per heavy atom. The number of para-hydroxylation sites is 1. The van der Waals surface area contributed by atoms with Crippen LogP contribution >= 0.6 is 0 Å². The number of hydrogen-bond acceptors (Lipinski definition) is 4. The van der Waals surface area contributed by atoms with E-state index in [-0.39, 0.29) is 17.7 Å². The molecule has 0 saturated carbocycles. The molecule has 0 N–H and O–H groups in total. The fraction of sp³-hybridized carbons (Fsp3) is 0.250. The Bertz CT molecular complexity index is 824. The second-order valence-corrected chi connectivity index (χ2v) is 5.91. The van der Waals surface area contributed by atoms with Crippen LogP contribution < -0.4 is 0 Å². The molecule has 1 unspecified atom stereocenters. The highest BCUT2D eigenvalue weighted by Crippen LogP contribution is 2.27. The summed E-state index contributed by atoms with van der Waals surface area (Å²) in [6.07, 6.45) is 1.92. The molecule has 5 heteroatoms. The van der Waals surface area contributed by atoms with Crippen LogP contribution in [0.15, 0.2) is 48.5 Å². The smallest absolute Gasteiger partial charge is 0.337 e. The molecule has 2 aromatic rings. The number of hydrogen-bond donors (Lipinski definition) is 0. The number of fused-ring (bicyclic) bond motifs is 1. The Morgan fingerprint density at radius 3 is 2.48 bits per heavy atom. The van der Waals surface area contributed by atoms with E-state index in [1.165, 1.54) is 7.11 Å². The zero-order valence-electron chi connectivity index (χ0n) is 14.3. The van der Waals surface area contributed by atoms with E-state index in [0.717, 1.165) is 11.3 Å². The Balaban J connectivity index is 1.90. The van der Waals surface area contributed by atoms with E-state index in [1.54, 1.807) is 19.2 Å². The van der Waals surface area contributed by atoms with Crippen molar-refractivity contribution in [3.63, 3.8) is 0 Å². The van der Waals surface area contributed by atoms with Crippen molar-refractivity contribution < 1.29 is 23.6 Å². The lowest BCUT2D eigenvalue weighted by atomic mass is 9.94. The van der Waals surface area contributed by atoms with E-state index < -0.39 is 0 Å². The van der Waals surface area contributed by atoms with Gasteiger partial charge in [0.15, 0.2) is 18.5 Å². The minimum absolute atomic E-state index is 0.0785. The number of ketones is 1. The van der Waals surface area contributed by atoms with Crippen LogP contribution in [0.1, 0.15) is 26.3 Å². The summed E-state index contributed by atoms with van der Waals surface area (Å²) in [5.41, 5.74) is 3.14. The molecule has 1 heterocycles. The van der Waals surface area contributed by atoms with Crippen LogP contribution in [0, 0.1) is 5.92 Å². The van der Waals surface area contributed by atoms with Gasteiger partial charge in [0.1, 0.15) is 5.92 Å². The Morgan fingerprint density at radius 2 is 1.80 bits per heavy atom. The van der Waals surface area contributed by atoms with Crippen LogP contribution in [0.2, 0.25) is 0 Å². The maximum atomic E-state index is 12.6. The van der Waals surface area contributed by atoms with E-state index in [2.05, 4.69) is 4.58 Å². The van der Waals surface area contributed by atoms with Gasteiger partial charge in [-0.1, -0.05) is 24.3 Å². The first kappa shape index (κ1) is 17.0. The monoisotopic (exact) mass is 338 g/mol. The first-order valence-electron chi connectivity index (χ1n) is 8.05. The molecule has 1 aliphatic heterocycles. The SMILES string of the molecule is COCC1C=[N+](Cc2ccc(C(=O)OC)cc2)c2ccccc2C1=O. The summed E-state index contributed by atoms with van der Waals surface area (Å²) in [5.74, 6) is -0.573. The highest BCUT2D eigenvalue weighted by molar-refractivity contribution is 6.09. The van der Waals surface area contributed by atoms with Crippen LogP contribution in [0.4, 0.5) is 5.69 Å². The van der Waals surface area contributed by atoms with Crippen LogP contribution in [0.3, 0.4) is 0 Å². The molecule has 0 amide bonds. The molecule has 0 radical (unpaired) electrons. The third-order valence-corrected chi connectivity index (χ3v) is 4.25. The molecule has 0 aliphatic carbocycles. The zero-order chi connectivity index (χ0) is 17.8. The van der Waals surface area contributed by atoms with Gasteiger partial charge in [-0.2, -0.15) is 4.58 Å². The van der Waals surface area contributed by atoms with Gasteiger partial charge in [-0.05, 0) is 18.2 Å². The molecular formula is C20H20NO4+. The average molecular weight is 338 g/mol. The quantitative estimate of drug-likeness (QED) is 0.621. The lowest BCUT2D eigenvalue weighted by molar-refractivity contribution is -0.456. The van der Waals surface area contributed by atoms with Crippen molar-refractivity contribution in [3.05, 3.63) is 65.2 Å². The van der Waals surface area contributed by atoms with E-state index in [4.69, 9.17) is 9.47 Å². The molecule has 128 valence electrons. The van der Waals surface area contributed by atoms with Crippen LogP contribution in [-0.2, 0) is 16.0 Å². The van der Waals surface area contributed by atoms with Crippen LogP contribution in [0.5, 0.6) is 0 Å². The van der Waals surface area contributed by atoms with Crippen molar-refractivity contribution in [1.82, 2.24) is 0 Å². The first-order chi connectivity index (χ1) is 12.1. The summed E-state index contributed by atoms with van der Waals surface area (Å²) >= 11 is 0. The molecule has 0 aromatic heterocycles. The van der Waals surface area contributed by atoms with Crippen LogP contribution in [0.25, 0.3) is 0 Å². The number of benzene rings is 2. The highest BCUT2D eigenvalue weighted by Gasteiger charge is 2.33. The molecule has 0 spiro atoms. The molecule has 1 aliphatic rings. The number of nitrogens with zero attached hydrogens (tertiary/aromatic N) is 1. The Labute approximate surface area is 146 Å². The molecule has 5 nitrogen and oxygen atoms in total. The number of methoxy groups -OCH3 is 2. The van der Waals surface area contributed by atoms with E-state index in [1.807, 2.05) is 42.6 Å². The third-order valence-electron chi connectivity index (χ3n) is 4.25. The zero-order valence-corrected chi connectivity index (χ0v) is 14.3. The summed E-state index contributed by atoms with van der Waals surface area (Å²) in [5, 5.41) is 0. The lowest BCUT2D eigenvalue weighted by Crippen LogP contribution is -2.30. The molecule has 3 rings (SSSR count). The number of esters is 1. The second-order valence-electron chi connectivity index (χ2n) is 5.91. The normalized spacial score (nSPS) is 16.2. The lowest BCUT2D eigenvalue weighted by Gasteiger charge is -2.17. The molecule has 0 bridgehead atoms. The number of ether oxygens (including phenoxy) is 2. The van der Waals surface area contributed by atoms with Crippen molar-refractivity contribution in [1.29, 1.82) is 0 Å². The third kappa shape index (κ3) is 3.51. The van der Waals surface area contributed by atoms with Gasteiger partial charge in [0.2, 0.25) is 5.69 Å². The van der Waals surface area contributed by atoms with Gasteiger partial charge in [-0.3, -0.25) is 4.79 Å². The molecule has 1 atom stereocenters. The fourth-order valence-corrected chi connectivity index (χ4v) is 2.99. The second kappa shape index (κ2) is 7.40. The Hall–Kier alpha value is -2.79. The Kier molecular flexibility index (Phi) is 5.05. The van der Waals surface area contributed by atoms with Gasteiger partial charge in [-0.25, -0.2) is 4.79 Å². The standard InChI is InChI=1S/C20H20NO4/c1-24-13-16-12-21(18-6-4-3-5-17(18)19(16)22)11-14-7-9-15(10-8-14)20(23)25-2/h3-10,12,16H,11,13H2,1-2H3/q+1. The maximum Gasteiger partial charge on any atom is 0.337 e. The first-order valence-corrected chi connectivity index (χ1v) is 8.05. The summed E-state index contributed by atoms with van der Waals surface area (Å²) in [7, 11) is 2.96. The minimum Gasteiger partial charge on any atom is -0.465 e. The summed E-state index contributed by atoms with van der Waals surface area (Å²) < 4.78 is 12.0. The van der Waals surface area contributed by atoms with Gasteiger partial charge in [0, 0.05) is 18.7 Å². The summed E-state index contributed by atoms with van der Waals surface area (Å²) in [4.78, 5) is 24.1. The van der Waals surface area contributed by atoms with Crippen molar-refractivity contribution in [2.24, 2.45) is 5.92 Å². The molecule has 25 heavy (non-hydrogen) atoms. The molecule has 0 fully saturated rings. The van der Waals surface area contributed by atoms with Gasteiger partial charge in [-0.15, -0.1) is 0 Å². The van der Waals surface area contributed by atoms with Crippen molar-refractivity contribution in [2.45, 2.75) is 6.54 Å². The largest absolute Gasteiger partial charge is 0.465 e. The van der Waals surface area contributed by atoms with E-state index in [0.29, 0.717) is 24.3 Å². The number of Topliss-reactive ketones (excluding diaryl/α,β-unsaturated/α-hetero) is 1. The fourth-order valence-electron chi connectivity index (χ4n) is 2.99. The van der Waals surface area contributed by atoms with Gasteiger partial charge < -0.3 is 9.47 Å². The van der Waals surface area contributed by atoms with Gasteiger partial charge >= 0.3 is 5.97 Å². The predicted octanol–water partition coefficient (Wildman–Crippen LogP) is 2.85. The topological polar surface area (TPSA) is 55.6 Å². The number of rotatable bonds is 5. The van der Waals surface area contributed by atoms with Gasteiger partial charge in [0.25, 0.3) is 0 Å². The molecule has 2 aromatic carbocycles. The summed E-state index contributed by atoms with van der Waals surface area (Å²) in [6.45, 7) is 0.955. The molecular weight excluding hydrogens is 318 g/mol. The minimum atomic E-state index is -0.354. The molecule has 0 saturated heterocycles. The van der Waals surface area contributed by atoms with Crippen LogP contribution in [-0.4, -0.2) is 43.4 Å². The average Bonchev–Trinajstić information content (AvgIpc) is 2.65. The van der Waals surface area contributed by atoms with Crippen molar-refractivity contribution in [2.75, 3.05) is 20.8 Å². The summed E-state index contributed by atoms with van der Waals surface area (Å²) in [6, 6.07) is 14.9. The van der Waals surface area contributed by atoms with Crippen molar-refractivity contribution in [3.8, 4) is 0 Å². The van der Waals surface area contributed by atoms with Gasteiger partial charge in [0.05, 0.1) is 24.8 Å². The number of carbonyl (C=O) groups is 2. The highest BCUT2D eigenvalue weighted by atomic mass is 16.5.